The minimum atomic E-state index is -0.0907. The molecule has 2 amide bonds. The van der Waals surface area contributed by atoms with Crippen LogP contribution in [0, 0.1) is 23.7 Å². The summed E-state index contributed by atoms with van der Waals surface area (Å²) in [5.41, 5.74) is 4.08. The molecule has 0 N–H and O–H groups in total. The van der Waals surface area contributed by atoms with Crippen LogP contribution in [0.1, 0.15) is 38.2 Å². The van der Waals surface area contributed by atoms with Gasteiger partial charge in [-0.1, -0.05) is 60.6 Å². The Hall–Kier alpha value is -2.16. The Bertz CT molecular complexity index is 726. The second kappa shape index (κ2) is 6.62. The fourth-order valence-corrected chi connectivity index (χ4v) is 5.07. The Kier molecular flexibility index (Phi) is 4.32. The molecule has 0 heterocycles. The van der Waals surface area contributed by atoms with Crippen molar-refractivity contribution in [3.05, 3.63) is 59.2 Å². The van der Waals surface area contributed by atoms with Gasteiger partial charge < -0.3 is 0 Å². The van der Waals surface area contributed by atoms with Gasteiger partial charge in [0.1, 0.15) is 0 Å². The molecular weight excluding hydrogens is 310 g/mol. The van der Waals surface area contributed by atoms with Gasteiger partial charge in [-0.15, -0.1) is 0 Å². The van der Waals surface area contributed by atoms with Crippen molar-refractivity contribution >= 4 is 12.3 Å². The van der Waals surface area contributed by atoms with E-state index in [9.17, 15) is 9.59 Å². The predicted molar refractivity (Wildman–Crippen MR) is 97.3 cm³/mol. The van der Waals surface area contributed by atoms with E-state index in [1.165, 1.54) is 36.2 Å². The third-order valence-electron chi connectivity index (χ3n) is 6.27. The third kappa shape index (κ3) is 2.76. The highest BCUT2D eigenvalue weighted by molar-refractivity contribution is 5.89. The molecule has 130 valence electrons. The quantitative estimate of drug-likeness (QED) is 0.613. The molecule has 1 aromatic rings. The summed E-state index contributed by atoms with van der Waals surface area (Å²) < 4.78 is 0. The van der Waals surface area contributed by atoms with E-state index in [0.29, 0.717) is 18.9 Å². The molecule has 3 aliphatic rings. The lowest BCUT2D eigenvalue weighted by Gasteiger charge is -2.27. The molecule has 25 heavy (non-hydrogen) atoms. The van der Waals surface area contributed by atoms with E-state index in [0.717, 1.165) is 5.56 Å². The molecule has 4 atom stereocenters. The van der Waals surface area contributed by atoms with E-state index in [4.69, 9.17) is 0 Å². The summed E-state index contributed by atoms with van der Waals surface area (Å²) in [7, 11) is 0. The zero-order chi connectivity index (χ0) is 17.4. The highest BCUT2D eigenvalue weighted by atomic mass is 16.2. The number of rotatable bonds is 4. The maximum atomic E-state index is 13.2. The minimum Gasteiger partial charge on any atom is -0.280 e. The lowest BCUT2D eigenvalue weighted by molar-refractivity contribution is -0.143. The number of amides is 2. The van der Waals surface area contributed by atoms with Gasteiger partial charge in [-0.3, -0.25) is 14.5 Å². The van der Waals surface area contributed by atoms with Crippen molar-refractivity contribution in [1.82, 2.24) is 4.90 Å². The van der Waals surface area contributed by atoms with Crippen LogP contribution in [0.3, 0.4) is 0 Å². The van der Waals surface area contributed by atoms with Crippen LogP contribution in [-0.4, -0.2) is 17.2 Å². The van der Waals surface area contributed by atoms with Crippen LogP contribution in [0.4, 0.5) is 0 Å². The Morgan fingerprint density at radius 3 is 2.48 bits per heavy atom. The van der Waals surface area contributed by atoms with E-state index in [2.05, 4.69) is 19.1 Å². The molecule has 3 aliphatic carbocycles. The highest BCUT2D eigenvalue weighted by Crippen LogP contribution is 2.55. The first-order chi connectivity index (χ1) is 12.2. The monoisotopic (exact) mass is 335 g/mol. The minimum absolute atomic E-state index is 0.0145. The molecule has 2 bridgehead atoms. The Morgan fingerprint density at radius 2 is 1.80 bits per heavy atom. The van der Waals surface area contributed by atoms with Crippen LogP contribution in [0.15, 0.2) is 53.6 Å². The third-order valence-corrected chi connectivity index (χ3v) is 6.27. The second-order valence-corrected chi connectivity index (χ2v) is 7.64. The van der Waals surface area contributed by atoms with E-state index in [-0.39, 0.29) is 23.7 Å². The molecule has 0 spiro atoms. The fraction of sp³-hybridized carbons (Fsp3) is 0.455. The summed E-state index contributed by atoms with van der Waals surface area (Å²) in [4.78, 5) is 26.2. The number of fused-ring (bicyclic) bond motifs is 2. The van der Waals surface area contributed by atoms with E-state index in [1.54, 1.807) is 5.57 Å². The molecule has 2 saturated carbocycles. The van der Waals surface area contributed by atoms with Crippen LogP contribution < -0.4 is 0 Å². The number of nitrogens with zero attached hydrogens (tertiary/aromatic N) is 1. The standard InChI is InChI=1S/C22H25NO2/c1-15-18-11-12-19(21(18)17-9-5-6-10-17)20(15)22(25)23(14-24)13-16-7-3-2-4-8-16/h2-4,7-8,11-12,14-15,18-20H,5-6,9-10,13H2,1H3. The van der Waals surface area contributed by atoms with Gasteiger partial charge in [0.15, 0.2) is 0 Å². The smallest absolute Gasteiger partial charge is 0.233 e. The number of hydrogen-bond donors (Lipinski definition) is 0. The fourth-order valence-electron chi connectivity index (χ4n) is 5.07. The molecule has 0 aliphatic heterocycles. The molecule has 1 aromatic carbocycles. The number of allylic oxidation sites excluding steroid dienone is 4. The van der Waals surface area contributed by atoms with Crippen molar-refractivity contribution < 1.29 is 9.59 Å². The summed E-state index contributed by atoms with van der Waals surface area (Å²) in [6.07, 6.45) is 10.2. The van der Waals surface area contributed by atoms with Crippen LogP contribution in [0.5, 0.6) is 0 Å². The highest BCUT2D eigenvalue weighted by Gasteiger charge is 2.51. The van der Waals surface area contributed by atoms with E-state index in [1.807, 2.05) is 30.3 Å². The maximum absolute atomic E-state index is 13.2. The SMILES string of the molecule is CC1C2C=CC(C2=C2CCCC2)C1C(=O)N(C=O)Cc1ccccc1. The van der Waals surface area contributed by atoms with Gasteiger partial charge in [-0.05, 0) is 37.2 Å². The Morgan fingerprint density at radius 1 is 1.12 bits per heavy atom. The van der Waals surface area contributed by atoms with Crippen molar-refractivity contribution in [3.63, 3.8) is 0 Å². The van der Waals surface area contributed by atoms with Gasteiger partial charge in [-0.25, -0.2) is 0 Å². The second-order valence-electron chi connectivity index (χ2n) is 7.64. The number of carbonyl (C=O) groups is 2. The first kappa shape index (κ1) is 16.3. The Labute approximate surface area is 149 Å². The average molecular weight is 335 g/mol. The van der Waals surface area contributed by atoms with Crippen LogP contribution in [0.25, 0.3) is 0 Å². The Balaban J connectivity index is 1.58. The number of imide groups is 1. The first-order valence-corrected chi connectivity index (χ1v) is 9.40. The van der Waals surface area contributed by atoms with Crippen molar-refractivity contribution in [3.8, 4) is 0 Å². The lowest BCUT2D eigenvalue weighted by Crippen LogP contribution is -2.39. The van der Waals surface area contributed by atoms with E-state index < -0.39 is 0 Å². The van der Waals surface area contributed by atoms with Gasteiger partial charge in [-0.2, -0.15) is 0 Å². The normalized spacial score (nSPS) is 30.1. The summed E-state index contributed by atoms with van der Waals surface area (Å²) in [5, 5.41) is 0. The molecular formula is C22H25NO2. The largest absolute Gasteiger partial charge is 0.280 e. The van der Waals surface area contributed by atoms with Crippen LogP contribution in [-0.2, 0) is 16.1 Å². The zero-order valence-electron chi connectivity index (χ0n) is 14.7. The van der Waals surface area contributed by atoms with Gasteiger partial charge >= 0.3 is 0 Å². The van der Waals surface area contributed by atoms with E-state index >= 15 is 0 Å². The summed E-state index contributed by atoms with van der Waals surface area (Å²) in [5.74, 6) is 0.784. The molecule has 2 fully saturated rings. The molecule has 3 heteroatoms. The van der Waals surface area contributed by atoms with Gasteiger partial charge in [0.05, 0.1) is 12.5 Å². The maximum Gasteiger partial charge on any atom is 0.233 e. The van der Waals surface area contributed by atoms with Crippen LogP contribution in [0.2, 0.25) is 0 Å². The summed E-state index contributed by atoms with van der Waals surface area (Å²) in [6, 6.07) is 9.74. The lowest BCUT2D eigenvalue weighted by atomic mass is 9.83. The average Bonchev–Trinajstić information content (AvgIpc) is 3.34. The predicted octanol–water partition coefficient (Wildman–Crippen LogP) is 4.11. The molecule has 4 rings (SSSR count). The van der Waals surface area contributed by atoms with Gasteiger partial charge in [0, 0.05) is 11.8 Å². The summed E-state index contributed by atoms with van der Waals surface area (Å²) >= 11 is 0. The van der Waals surface area contributed by atoms with Crippen molar-refractivity contribution in [1.29, 1.82) is 0 Å². The van der Waals surface area contributed by atoms with Gasteiger partial charge in [0.2, 0.25) is 12.3 Å². The number of benzene rings is 1. The molecule has 0 saturated heterocycles. The number of carbonyl (C=O) groups excluding carboxylic acids is 2. The van der Waals surface area contributed by atoms with Crippen molar-refractivity contribution in [2.24, 2.45) is 23.7 Å². The zero-order valence-corrected chi connectivity index (χ0v) is 14.7. The van der Waals surface area contributed by atoms with Crippen molar-refractivity contribution in [2.75, 3.05) is 0 Å². The number of hydrogen-bond acceptors (Lipinski definition) is 2. The van der Waals surface area contributed by atoms with Crippen molar-refractivity contribution in [2.45, 2.75) is 39.2 Å². The molecule has 0 aromatic heterocycles. The topological polar surface area (TPSA) is 37.4 Å². The summed E-state index contributed by atoms with van der Waals surface area (Å²) in [6.45, 7) is 2.54. The molecule has 0 radical (unpaired) electrons. The van der Waals surface area contributed by atoms with Crippen LogP contribution >= 0.6 is 0 Å². The molecule has 3 nitrogen and oxygen atoms in total. The first-order valence-electron chi connectivity index (χ1n) is 9.40. The molecule has 4 unspecified atom stereocenters. The van der Waals surface area contributed by atoms with Gasteiger partial charge in [0.25, 0.3) is 0 Å².